The molecule has 2 aromatic carbocycles. The maximum absolute atomic E-state index is 12.4. The van der Waals surface area contributed by atoms with Crippen LogP contribution in [-0.2, 0) is 19.5 Å². The molecular weight excluding hydrogens is 408 g/mol. The lowest BCUT2D eigenvalue weighted by molar-refractivity contribution is 0.0948. The molecule has 0 radical (unpaired) electrons. The first-order valence-electron chi connectivity index (χ1n) is 10.4. The molecule has 0 spiro atoms. The first-order chi connectivity index (χ1) is 15.7. The van der Waals surface area contributed by atoms with Gasteiger partial charge in [-0.1, -0.05) is 18.2 Å². The van der Waals surface area contributed by atoms with Gasteiger partial charge in [0.25, 0.3) is 5.91 Å². The van der Waals surface area contributed by atoms with E-state index in [-0.39, 0.29) is 12.7 Å². The topological polar surface area (TPSA) is 97.1 Å². The predicted octanol–water partition coefficient (Wildman–Crippen LogP) is 2.85. The second kappa shape index (κ2) is 10.4. The third-order valence-electron chi connectivity index (χ3n) is 5.02. The molecular formula is C24H26N4O4. The molecule has 0 aliphatic carbocycles. The van der Waals surface area contributed by atoms with Crippen molar-refractivity contribution in [2.75, 3.05) is 20.4 Å². The Bertz CT molecular complexity index is 1080. The lowest BCUT2D eigenvalue weighted by Gasteiger charge is -2.13. The number of benzene rings is 2. The van der Waals surface area contributed by atoms with Gasteiger partial charge in [-0.25, -0.2) is 0 Å². The zero-order chi connectivity index (χ0) is 22.2. The van der Waals surface area contributed by atoms with Crippen molar-refractivity contribution in [1.29, 1.82) is 0 Å². The second-order valence-corrected chi connectivity index (χ2v) is 7.25. The molecule has 0 unspecified atom stereocenters. The standard InChI is InChI=1S/C24H26N4O4/c1-25-24(26-10-9-17-7-8-21-22(13-17)32-16-31-21)28-14-18-4-2-5-19(12-18)23(29)27-15-20-6-3-11-30-20/h2-8,11-13H,9-10,14-16H2,1H3,(H,27,29)(H2,25,26,28). The molecule has 0 saturated carbocycles. The van der Waals surface area contributed by atoms with E-state index in [2.05, 4.69) is 20.9 Å². The summed E-state index contributed by atoms with van der Waals surface area (Å²) in [5.41, 5.74) is 2.74. The molecule has 1 aliphatic heterocycles. The van der Waals surface area contributed by atoms with E-state index >= 15 is 0 Å². The van der Waals surface area contributed by atoms with Crippen LogP contribution in [0, 0.1) is 0 Å². The zero-order valence-electron chi connectivity index (χ0n) is 17.9. The molecule has 166 valence electrons. The van der Waals surface area contributed by atoms with Crippen LogP contribution in [0.25, 0.3) is 0 Å². The number of ether oxygens (including phenoxy) is 2. The SMILES string of the molecule is CN=C(NCCc1ccc2c(c1)OCO2)NCc1cccc(C(=O)NCc2ccco2)c1. The van der Waals surface area contributed by atoms with E-state index in [9.17, 15) is 4.79 Å². The van der Waals surface area contributed by atoms with Gasteiger partial charge in [0.05, 0.1) is 12.8 Å². The Morgan fingerprint density at radius 1 is 0.938 bits per heavy atom. The quantitative estimate of drug-likeness (QED) is 0.373. The van der Waals surface area contributed by atoms with Gasteiger partial charge in [-0.2, -0.15) is 0 Å². The molecule has 0 saturated heterocycles. The molecule has 32 heavy (non-hydrogen) atoms. The molecule has 1 amide bonds. The fourth-order valence-electron chi connectivity index (χ4n) is 3.33. The number of furan rings is 1. The molecule has 0 fully saturated rings. The zero-order valence-corrected chi connectivity index (χ0v) is 17.9. The first-order valence-corrected chi connectivity index (χ1v) is 10.4. The van der Waals surface area contributed by atoms with Crippen molar-refractivity contribution in [3.8, 4) is 11.5 Å². The maximum Gasteiger partial charge on any atom is 0.251 e. The van der Waals surface area contributed by atoms with E-state index in [1.165, 1.54) is 0 Å². The highest BCUT2D eigenvalue weighted by Gasteiger charge is 2.13. The van der Waals surface area contributed by atoms with E-state index in [4.69, 9.17) is 13.9 Å². The molecule has 8 heteroatoms. The van der Waals surface area contributed by atoms with E-state index < -0.39 is 0 Å². The van der Waals surface area contributed by atoms with Gasteiger partial charge in [-0.05, 0) is 53.9 Å². The minimum atomic E-state index is -0.144. The van der Waals surface area contributed by atoms with Crippen molar-refractivity contribution in [3.05, 3.63) is 83.3 Å². The normalized spacial score (nSPS) is 12.5. The number of hydrogen-bond donors (Lipinski definition) is 3. The van der Waals surface area contributed by atoms with E-state index in [0.717, 1.165) is 29.0 Å². The Kier molecular flexibility index (Phi) is 6.91. The average molecular weight is 434 g/mol. The number of rotatable bonds is 8. The van der Waals surface area contributed by atoms with Crippen LogP contribution in [0.15, 0.2) is 70.3 Å². The number of amides is 1. The molecule has 4 rings (SSSR count). The van der Waals surface area contributed by atoms with E-state index in [0.29, 0.717) is 36.9 Å². The number of aliphatic imine (C=N–C) groups is 1. The Balaban J connectivity index is 1.24. The highest BCUT2D eigenvalue weighted by atomic mass is 16.7. The summed E-state index contributed by atoms with van der Waals surface area (Å²) in [6, 6.07) is 17.1. The predicted molar refractivity (Wildman–Crippen MR) is 121 cm³/mol. The van der Waals surface area contributed by atoms with Crippen molar-refractivity contribution in [2.24, 2.45) is 4.99 Å². The molecule has 8 nitrogen and oxygen atoms in total. The summed E-state index contributed by atoms with van der Waals surface area (Å²) in [5, 5.41) is 9.45. The van der Waals surface area contributed by atoms with E-state index in [1.807, 2.05) is 42.5 Å². The monoisotopic (exact) mass is 434 g/mol. The van der Waals surface area contributed by atoms with Gasteiger partial charge in [0.2, 0.25) is 6.79 Å². The molecule has 3 N–H and O–H groups in total. The number of hydrogen-bond acceptors (Lipinski definition) is 5. The summed E-state index contributed by atoms with van der Waals surface area (Å²) in [6.45, 7) is 1.90. The largest absolute Gasteiger partial charge is 0.467 e. The Morgan fingerprint density at radius 3 is 2.69 bits per heavy atom. The highest BCUT2D eigenvalue weighted by Crippen LogP contribution is 2.32. The van der Waals surface area contributed by atoms with Gasteiger partial charge in [-0.3, -0.25) is 9.79 Å². The van der Waals surface area contributed by atoms with Crippen LogP contribution >= 0.6 is 0 Å². The summed E-state index contributed by atoms with van der Waals surface area (Å²) >= 11 is 0. The van der Waals surface area contributed by atoms with Crippen molar-refractivity contribution in [1.82, 2.24) is 16.0 Å². The van der Waals surface area contributed by atoms with Crippen molar-refractivity contribution in [2.45, 2.75) is 19.5 Å². The molecule has 1 aliphatic rings. The number of fused-ring (bicyclic) bond motifs is 1. The molecule has 0 bridgehead atoms. The van der Waals surface area contributed by atoms with Crippen LogP contribution in [0.2, 0.25) is 0 Å². The Hall–Kier alpha value is -3.94. The summed E-state index contributed by atoms with van der Waals surface area (Å²) in [5.74, 6) is 2.84. The number of carbonyl (C=O) groups excluding carboxylic acids is 1. The van der Waals surface area contributed by atoms with E-state index in [1.54, 1.807) is 25.4 Å². The number of nitrogens with zero attached hydrogens (tertiary/aromatic N) is 1. The van der Waals surface area contributed by atoms with Gasteiger partial charge in [0.15, 0.2) is 17.5 Å². The fraction of sp³-hybridized carbons (Fsp3) is 0.250. The summed E-state index contributed by atoms with van der Waals surface area (Å²) < 4.78 is 16.0. The van der Waals surface area contributed by atoms with Crippen molar-refractivity contribution in [3.63, 3.8) is 0 Å². The van der Waals surface area contributed by atoms with Gasteiger partial charge in [0, 0.05) is 25.7 Å². The fourth-order valence-corrected chi connectivity index (χ4v) is 3.33. The third kappa shape index (κ3) is 5.60. The molecule has 0 atom stereocenters. The highest BCUT2D eigenvalue weighted by molar-refractivity contribution is 5.94. The maximum atomic E-state index is 12.4. The van der Waals surface area contributed by atoms with Gasteiger partial charge in [-0.15, -0.1) is 0 Å². The van der Waals surface area contributed by atoms with Crippen LogP contribution in [0.5, 0.6) is 11.5 Å². The minimum absolute atomic E-state index is 0.144. The molecule has 2 heterocycles. The number of guanidine groups is 1. The smallest absolute Gasteiger partial charge is 0.251 e. The lowest BCUT2D eigenvalue weighted by atomic mass is 10.1. The summed E-state index contributed by atoms with van der Waals surface area (Å²) in [4.78, 5) is 16.7. The summed E-state index contributed by atoms with van der Waals surface area (Å²) in [6.07, 6.45) is 2.41. The second-order valence-electron chi connectivity index (χ2n) is 7.25. The van der Waals surface area contributed by atoms with Crippen LogP contribution in [0.4, 0.5) is 0 Å². The van der Waals surface area contributed by atoms with Crippen LogP contribution in [0.1, 0.15) is 27.2 Å². The lowest BCUT2D eigenvalue weighted by Crippen LogP contribution is -2.37. The molecule has 1 aromatic heterocycles. The van der Waals surface area contributed by atoms with Crippen LogP contribution in [-0.4, -0.2) is 32.3 Å². The van der Waals surface area contributed by atoms with Crippen molar-refractivity contribution < 1.29 is 18.7 Å². The number of nitrogens with one attached hydrogen (secondary N) is 3. The Labute approximate surface area is 186 Å². The minimum Gasteiger partial charge on any atom is -0.467 e. The number of carbonyl (C=O) groups is 1. The van der Waals surface area contributed by atoms with Crippen molar-refractivity contribution >= 4 is 11.9 Å². The van der Waals surface area contributed by atoms with Crippen LogP contribution < -0.4 is 25.4 Å². The average Bonchev–Trinajstić information content (AvgIpc) is 3.51. The summed E-state index contributed by atoms with van der Waals surface area (Å²) in [7, 11) is 1.73. The Morgan fingerprint density at radius 2 is 1.84 bits per heavy atom. The van der Waals surface area contributed by atoms with Gasteiger partial charge < -0.3 is 29.8 Å². The van der Waals surface area contributed by atoms with Crippen LogP contribution in [0.3, 0.4) is 0 Å². The van der Waals surface area contributed by atoms with Gasteiger partial charge in [0.1, 0.15) is 5.76 Å². The van der Waals surface area contributed by atoms with Gasteiger partial charge >= 0.3 is 0 Å². The first kappa shape index (κ1) is 21.3. The third-order valence-corrected chi connectivity index (χ3v) is 5.02. The molecule has 3 aromatic rings.